The molecule has 166 valence electrons. The Bertz CT molecular complexity index is 1080. The van der Waals surface area contributed by atoms with Gasteiger partial charge in [-0.15, -0.1) is 0 Å². The molecule has 0 fully saturated rings. The summed E-state index contributed by atoms with van der Waals surface area (Å²) in [6, 6.07) is 15.8. The summed E-state index contributed by atoms with van der Waals surface area (Å²) in [5.74, 6) is 0.441. The van der Waals surface area contributed by atoms with Crippen molar-refractivity contribution < 1.29 is 10.2 Å². The highest BCUT2D eigenvalue weighted by molar-refractivity contribution is 5.99. The molecule has 0 radical (unpaired) electrons. The van der Waals surface area contributed by atoms with Gasteiger partial charge in [-0.05, 0) is 54.5 Å². The molecular formula is C28H32N2O2. The van der Waals surface area contributed by atoms with E-state index >= 15 is 0 Å². The minimum atomic E-state index is -0.540. The van der Waals surface area contributed by atoms with E-state index in [-0.39, 0.29) is 18.3 Å². The first-order chi connectivity index (χ1) is 15.6. The van der Waals surface area contributed by atoms with Crippen LogP contribution < -0.4 is 5.73 Å². The van der Waals surface area contributed by atoms with Crippen LogP contribution in [0.5, 0.6) is 5.75 Å². The van der Waals surface area contributed by atoms with E-state index in [9.17, 15) is 10.2 Å². The highest BCUT2D eigenvalue weighted by Crippen LogP contribution is 2.56. The second-order valence-corrected chi connectivity index (χ2v) is 8.61. The first kappa shape index (κ1) is 22.1. The van der Waals surface area contributed by atoms with E-state index in [4.69, 9.17) is 10.7 Å². The zero-order valence-electron chi connectivity index (χ0n) is 18.7. The quantitative estimate of drug-likeness (QED) is 0.522. The van der Waals surface area contributed by atoms with Gasteiger partial charge in [-0.3, -0.25) is 4.99 Å². The average Bonchev–Trinajstić information content (AvgIpc) is 3.07. The minimum Gasteiger partial charge on any atom is -0.508 e. The van der Waals surface area contributed by atoms with Crippen molar-refractivity contribution in [1.29, 1.82) is 0 Å². The molecule has 2 unspecified atom stereocenters. The number of nitrogens with zero attached hydrogens (tertiary/aromatic N) is 1. The summed E-state index contributed by atoms with van der Waals surface area (Å²) >= 11 is 0. The number of rotatable bonds is 8. The van der Waals surface area contributed by atoms with Gasteiger partial charge in [0.2, 0.25) is 0 Å². The summed E-state index contributed by atoms with van der Waals surface area (Å²) in [5.41, 5.74) is 12.2. The molecule has 2 aliphatic carbocycles. The number of allylic oxidation sites excluding steroid dienone is 5. The molecule has 0 saturated carbocycles. The summed E-state index contributed by atoms with van der Waals surface area (Å²) in [6.45, 7) is 2.36. The molecule has 0 saturated heterocycles. The van der Waals surface area contributed by atoms with Gasteiger partial charge in [0.05, 0.1) is 16.8 Å². The van der Waals surface area contributed by atoms with Crippen molar-refractivity contribution in [2.24, 2.45) is 16.6 Å². The van der Waals surface area contributed by atoms with Gasteiger partial charge < -0.3 is 15.9 Å². The summed E-state index contributed by atoms with van der Waals surface area (Å²) < 4.78 is 0. The number of hydrogen-bond acceptors (Lipinski definition) is 4. The second-order valence-electron chi connectivity index (χ2n) is 8.61. The molecule has 2 aliphatic rings. The van der Waals surface area contributed by atoms with Gasteiger partial charge in [-0.25, -0.2) is 0 Å². The number of fused-ring (bicyclic) bond motifs is 1. The predicted octanol–water partition coefficient (Wildman–Crippen LogP) is 5.47. The van der Waals surface area contributed by atoms with E-state index in [1.807, 2.05) is 36.4 Å². The lowest BCUT2D eigenvalue weighted by Gasteiger charge is -2.41. The van der Waals surface area contributed by atoms with Gasteiger partial charge in [0.15, 0.2) is 0 Å². The number of aliphatic hydroxyl groups is 1. The van der Waals surface area contributed by atoms with Crippen molar-refractivity contribution in [3.63, 3.8) is 0 Å². The number of aromatic hydroxyl groups is 1. The Hall–Kier alpha value is -3.11. The minimum absolute atomic E-state index is 0.157. The van der Waals surface area contributed by atoms with Crippen molar-refractivity contribution >= 4 is 11.4 Å². The molecule has 0 aromatic heterocycles. The van der Waals surface area contributed by atoms with Crippen LogP contribution in [0.1, 0.15) is 55.7 Å². The first-order valence-electron chi connectivity index (χ1n) is 11.5. The summed E-state index contributed by atoms with van der Waals surface area (Å²) in [4.78, 5) is 5.20. The van der Waals surface area contributed by atoms with Crippen LogP contribution in [-0.2, 0) is 5.41 Å². The summed E-state index contributed by atoms with van der Waals surface area (Å²) in [7, 11) is 0. The Balaban J connectivity index is 2.02. The molecule has 4 rings (SSSR count). The van der Waals surface area contributed by atoms with Crippen LogP contribution in [0.3, 0.4) is 0 Å². The number of hydrogen-bond donors (Lipinski definition) is 3. The number of benzene rings is 2. The van der Waals surface area contributed by atoms with E-state index < -0.39 is 5.41 Å². The predicted molar refractivity (Wildman–Crippen MR) is 131 cm³/mol. The van der Waals surface area contributed by atoms with Crippen molar-refractivity contribution in [2.45, 2.75) is 44.4 Å². The maximum absolute atomic E-state index is 10.0. The van der Waals surface area contributed by atoms with Crippen LogP contribution in [0, 0.1) is 5.92 Å². The normalized spacial score (nSPS) is 21.9. The van der Waals surface area contributed by atoms with Gasteiger partial charge in [0.25, 0.3) is 0 Å². The highest BCUT2D eigenvalue weighted by atomic mass is 16.3. The SMILES string of the molecule is CCCC(CCCO)C1(c2ccc(O)cc2)C(N=C2C=CC=CC2)=C(N)c2ccccc21. The molecule has 0 aliphatic heterocycles. The third-order valence-electron chi connectivity index (χ3n) is 6.67. The van der Waals surface area contributed by atoms with Crippen molar-refractivity contribution in [1.82, 2.24) is 0 Å². The fourth-order valence-electron chi connectivity index (χ4n) is 5.34. The van der Waals surface area contributed by atoms with Gasteiger partial charge >= 0.3 is 0 Å². The topological polar surface area (TPSA) is 78.8 Å². The smallest absolute Gasteiger partial charge is 0.115 e. The lowest BCUT2D eigenvalue weighted by atomic mass is 9.62. The molecule has 2 atom stereocenters. The van der Waals surface area contributed by atoms with E-state index in [0.717, 1.165) is 60.2 Å². The maximum Gasteiger partial charge on any atom is 0.115 e. The number of nitrogens with two attached hydrogens (primary N) is 1. The molecular weight excluding hydrogens is 396 g/mol. The number of aliphatic imine (C=N–C) groups is 1. The lowest BCUT2D eigenvalue weighted by Crippen LogP contribution is -2.37. The van der Waals surface area contributed by atoms with Crippen LogP contribution in [-0.4, -0.2) is 22.5 Å². The van der Waals surface area contributed by atoms with Gasteiger partial charge in [-0.2, -0.15) is 0 Å². The van der Waals surface area contributed by atoms with E-state index in [1.54, 1.807) is 12.1 Å². The molecule has 2 aromatic carbocycles. The third-order valence-corrected chi connectivity index (χ3v) is 6.67. The van der Waals surface area contributed by atoms with Gasteiger partial charge in [0.1, 0.15) is 5.75 Å². The molecule has 2 aromatic rings. The van der Waals surface area contributed by atoms with Gasteiger partial charge in [-0.1, -0.05) is 68.0 Å². The summed E-state index contributed by atoms with van der Waals surface area (Å²) in [5, 5.41) is 19.7. The number of phenols is 1. The van der Waals surface area contributed by atoms with Crippen molar-refractivity contribution in [3.05, 3.63) is 95.2 Å². The van der Waals surface area contributed by atoms with E-state index in [1.165, 1.54) is 0 Å². The maximum atomic E-state index is 10.0. The van der Waals surface area contributed by atoms with Crippen LogP contribution in [0.4, 0.5) is 0 Å². The highest BCUT2D eigenvalue weighted by Gasteiger charge is 2.51. The standard InChI is InChI=1S/C28H32N2O2/c1-2-9-20(10-8-19-31)28(21-15-17-23(32)18-16-21)25-14-7-6-13-24(25)26(29)27(28)30-22-11-4-3-5-12-22/h3-7,11,13-18,20,31-32H,2,8-10,12,19,29H2,1H3. The zero-order valence-corrected chi connectivity index (χ0v) is 18.7. The Morgan fingerprint density at radius 3 is 2.53 bits per heavy atom. The molecule has 4 nitrogen and oxygen atoms in total. The zero-order chi connectivity index (χ0) is 22.6. The number of aliphatic hydroxyl groups excluding tert-OH is 1. The molecule has 4 N–H and O–H groups in total. The molecule has 4 heteroatoms. The molecule has 0 bridgehead atoms. The Labute approximate surface area is 190 Å². The Morgan fingerprint density at radius 1 is 1.06 bits per heavy atom. The Morgan fingerprint density at radius 2 is 1.84 bits per heavy atom. The van der Waals surface area contributed by atoms with E-state index in [0.29, 0.717) is 5.70 Å². The monoisotopic (exact) mass is 428 g/mol. The van der Waals surface area contributed by atoms with Crippen LogP contribution >= 0.6 is 0 Å². The van der Waals surface area contributed by atoms with Crippen molar-refractivity contribution in [2.75, 3.05) is 6.61 Å². The Kier molecular flexibility index (Phi) is 6.61. The molecule has 0 amide bonds. The second kappa shape index (κ2) is 9.58. The molecule has 0 spiro atoms. The van der Waals surface area contributed by atoms with Crippen LogP contribution in [0.25, 0.3) is 5.70 Å². The fourth-order valence-corrected chi connectivity index (χ4v) is 5.34. The third kappa shape index (κ3) is 3.80. The van der Waals surface area contributed by atoms with Crippen LogP contribution in [0.2, 0.25) is 0 Å². The average molecular weight is 429 g/mol. The largest absolute Gasteiger partial charge is 0.508 e. The van der Waals surface area contributed by atoms with Crippen molar-refractivity contribution in [3.8, 4) is 5.75 Å². The van der Waals surface area contributed by atoms with E-state index in [2.05, 4.69) is 31.2 Å². The first-order valence-corrected chi connectivity index (χ1v) is 11.5. The molecule has 32 heavy (non-hydrogen) atoms. The van der Waals surface area contributed by atoms with Gasteiger partial charge in [0, 0.05) is 24.3 Å². The molecule has 0 heterocycles. The van der Waals surface area contributed by atoms with Crippen LogP contribution in [0.15, 0.2) is 83.5 Å². The number of phenolic OH excluding ortho intramolecular Hbond substituents is 1. The summed E-state index contributed by atoms with van der Waals surface area (Å²) in [6.07, 6.45) is 12.5. The lowest BCUT2D eigenvalue weighted by molar-refractivity contribution is 0.245. The fraction of sp³-hybridized carbons (Fsp3) is 0.321.